The van der Waals surface area contributed by atoms with Crippen LogP contribution in [0.1, 0.15) is 47.8 Å². The molecule has 4 N–H and O–H groups in total. The van der Waals surface area contributed by atoms with Gasteiger partial charge in [0.05, 0.1) is 6.61 Å². The molecule has 3 heterocycles. The van der Waals surface area contributed by atoms with Gasteiger partial charge in [-0.3, -0.25) is 4.57 Å². The first-order valence-corrected chi connectivity index (χ1v) is 19.1. The van der Waals surface area contributed by atoms with Gasteiger partial charge in [-0.1, -0.05) is 41.5 Å². The van der Waals surface area contributed by atoms with Gasteiger partial charge >= 0.3 is 0 Å². The second-order valence-electron chi connectivity index (χ2n) is 13.1. The predicted octanol–water partition coefficient (Wildman–Crippen LogP) is 4.61. The van der Waals surface area contributed by atoms with E-state index < -0.39 is 41.2 Å². The third kappa shape index (κ3) is 6.46. The molecule has 0 radical (unpaired) electrons. The number of rotatable bonds is 10. The molecule has 0 aliphatic carbocycles. The van der Waals surface area contributed by atoms with E-state index in [0.717, 1.165) is 0 Å². The summed E-state index contributed by atoms with van der Waals surface area (Å²) in [4.78, 5) is 15.9. The van der Waals surface area contributed by atoms with E-state index >= 15 is 0 Å². The van der Waals surface area contributed by atoms with Crippen molar-refractivity contribution >= 4 is 39.6 Å². The molecule has 218 valence electrons. The van der Waals surface area contributed by atoms with E-state index in [-0.39, 0.29) is 28.4 Å². The summed E-state index contributed by atoms with van der Waals surface area (Å²) < 4.78 is 22.5. The van der Waals surface area contributed by atoms with Crippen molar-refractivity contribution in [1.29, 1.82) is 0 Å². The molecule has 0 bridgehead atoms. The highest BCUT2D eigenvalue weighted by atomic mass is 28.4. The molecule has 1 unspecified atom stereocenters. The van der Waals surface area contributed by atoms with Crippen molar-refractivity contribution in [3.05, 3.63) is 16.8 Å². The van der Waals surface area contributed by atoms with E-state index in [1.807, 2.05) is 0 Å². The number of aliphatic hydroxyl groups is 1. The van der Waals surface area contributed by atoms with E-state index in [2.05, 4.69) is 98.0 Å². The monoisotopic (exact) mass is 579 g/mol. The van der Waals surface area contributed by atoms with Crippen LogP contribution in [-0.2, 0) is 13.6 Å². The van der Waals surface area contributed by atoms with Gasteiger partial charge in [0.25, 0.3) is 0 Å². The third-order valence-electron chi connectivity index (χ3n) is 8.27. The highest BCUT2D eigenvalue weighted by Gasteiger charge is 2.54. The number of aromatic nitrogens is 4. The number of anilines is 1. The van der Waals surface area contributed by atoms with Gasteiger partial charge in [0.1, 0.15) is 24.6 Å². The first-order valence-electron chi connectivity index (χ1n) is 13.3. The summed E-state index contributed by atoms with van der Waals surface area (Å²) in [6.07, 6.45) is -0.873. The molecule has 1 fully saturated rings. The average molecular weight is 580 g/mol. The number of nitrogens with one attached hydrogen (secondary N) is 1. The molecule has 1 saturated heterocycles. The third-order valence-corrected chi connectivity index (χ3v) is 17.2. The van der Waals surface area contributed by atoms with Gasteiger partial charge in [0, 0.05) is 18.0 Å². The topological polar surface area (TPSA) is 178 Å². The number of fused-ring (bicyclic) bond motifs is 1. The molecule has 0 saturated carbocycles. The first-order chi connectivity index (χ1) is 17.9. The van der Waals surface area contributed by atoms with Crippen LogP contribution in [0.25, 0.3) is 21.6 Å². The Kier molecular flexibility index (Phi) is 9.19. The van der Waals surface area contributed by atoms with Gasteiger partial charge in [-0.05, 0) is 46.9 Å². The van der Waals surface area contributed by atoms with Gasteiger partial charge in [-0.25, -0.2) is 15.0 Å². The second-order valence-corrected chi connectivity index (χ2v) is 22.6. The van der Waals surface area contributed by atoms with Crippen molar-refractivity contribution in [2.75, 3.05) is 25.4 Å². The fourth-order valence-electron chi connectivity index (χ4n) is 3.97. The summed E-state index contributed by atoms with van der Waals surface area (Å²) in [6, 6.07) is 0. The van der Waals surface area contributed by atoms with Crippen LogP contribution in [0.15, 0.2) is 11.4 Å². The number of nitrogens with two attached hydrogens (primary N) is 1. The number of nitrogens with zero attached hydrogens (tertiary/aromatic N) is 7. The molecule has 1 aliphatic rings. The zero-order valence-electron chi connectivity index (χ0n) is 24.9. The van der Waals surface area contributed by atoms with E-state index in [1.54, 1.807) is 4.57 Å². The van der Waals surface area contributed by atoms with Crippen LogP contribution in [0.4, 0.5) is 11.8 Å². The maximum absolute atomic E-state index is 9.40. The highest BCUT2D eigenvalue weighted by molar-refractivity contribution is 6.74. The minimum absolute atomic E-state index is 0.00279. The summed E-state index contributed by atoms with van der Waals surface area (Å²) in [5.74, 6) is 0.229. The molecule has 39 heavy (non-hydrogen) atoms. The Balaban J connectivity index is 2.23. The number of nitrogen functional groups attached to an aromatic ring is 1. The second kappa shape index (κ2) is 11.4. The zero-order valence-corrected chi connectivity index (χ0v) is 26.9. The maximum atomic E-state index is 9.40. The van der Waals surface area contributed by atoms with Crippen LogP contribution in [-0.4, -0.2) is 79.3 Å². The molecule has 0 aromatic carbocycles. The fraction of sp³-hybridized carbons (Fsp3) is 0.792. The Hall–Kier alpha value is -2.11. The average Bonchev–Trinajstić information content (AvgIpc) is 3.31. The Bertz CT molecular complexity index is 1200. The van der Waals surface area contributed by atoms with Gasteiger partial charge < -0.3 is 29.7 Å². The van der Waals surface area contributed by atoms with Crippen LogP contribution in [0, 0.1) is 0 Å². The number of ether oxygens (including phenoxy) is 1. The molecule has 0 spiro atoms. The molecule has 13 nitrogen and oxygen atoms in total. The van der Waals surface area contributed by atoms with Gasteiger partial charge in [0.15, 0.2) is 39.8 Å². The summed E-state index contributed by atoms with van der Waals surface area (Å²) >= 11 is 0. The first kappa shape index (κ1) is 31.4. The molecule has 15 heteroatoms. The van der Waals surface area contributed by atoms with Gasteiger partial charge in [0.2, 0.25) is 5.95 Å². The number of imidazole rings is 1. The normalized spacial score (nSPS) is 22.8. The minimum Gasteiger partial charge on any atom is -0.408 e. The molecule has 1 aliphatic heterocycles. The number of azide groups is 1. The Labute approximate surface area is 232 Å². The lowest BCUT2D eigenvalue weighted by Gasteiger charge is -2.44. The van der Waals surface area contributed by atoms with Crippen LogP contribution >= 0.6 is 0 Å². The van der Waals surface area contributed by atoms with Crippen molar-refractivity contribution in [3.63, 3.8) is 0 Å². The van der Waals surface area contributed by atoms with Crippen molar-refractivity contribution in [2.24, 2.45) is 5.11 Å². The largest absolute Gasteiger partial charge is 0.408 e. The van der Waals surface area contributed by atoms with E-state index in [4.69, 9.17) is 19.3 Å². The highest BCUT2D eigenvalue weighted by Crippen LogP contribution is 2.47. The lowest BCUT2D eigenvalue weighted by Crippen LogP contribution is -2.54. The summed E-state index contributed by atoms with van der Waals surface area (Å²) in [6.45, 7) is 22.7. The molecular formula is C24H45N9O4Si2. The quantitative estimate of drug-likeness (QED) is 0.119. The number of hydrogen-bond acceptors (Lipinski definition) is 10. The van der Waals surface area contributed by atoms with E-state index in [9.17, 15) is 10.6 Å². The molecule has 3 rings (SSSR count). The zero-order chi connectivity index (χ0) is 29.4. The summed E-state index contributed by atoms with van der Waals surface area (Å²) in [5, 5.41) is 16.4. The standard InChI is InChI=1S/C24H45N9O4Si2/c1-23(2,3)38(7,8)36-17-15(13-27-11-12-34)35-21(18(17)37-39(9,10)24(4,5)6)33-20-16(19(25)28-14-29-20)30-22(33)31-32-26/h14-15,17-18,21,27,34H,11-13H2,1-10H3,(H2,25,28,29)/t15-,17-,18?,21-/m1/s1. The van der Waals surface area contributed by atoms with Crippen molar-refractivity contribution in [1.82, 2.24) is 24.8 Å². The SMILES string of the molecule is CC(C)(C)[Si](C)(C)OC1[C@H](n2c(N=[N+]=[N-])nc3c(N)ncnc32)O[C@H](CNCCO)[C@H]1O[Si](C)(C)C(C)(C)C. The summed E-state index contributed by atoms with van der Waals surface area (Å²) in [7, 11) is -4.67. The van der Waals surface area contributed by atoms with Crippen molar-refractivity contribution in [3.8, 4) is 0 Å². The number of aliphatic hydroxyl groups excluding tert-OH is 1. The van der Waals surface area contributed by atoms with E-state index in [0.29, 0.717) is 24.3 Å². The van der Waals surface area contributed by atoms with Crippen molar-refractivity contribution < 1.29 is 18.7 Å². The molecule has 0 amide bonds. The molecular weight excluding hydrogens is 534 g/mol. The van der Waals surface area contributed by atoms with Gasteiger partial charge in [-0.2, -0.15) is 0 Å². The maximum Gasteiger partial charge on any atom is 0.201 e. The Morgan fingerprint density at radius 2 is 1.69 bits per heavy atom. The van der Waals surface area contributed by atoms with Crippen LogP contribution in [0.2, 0.25) is 36.3 Å². The smallest absolute Gasteiger partial charge is 0.201 e. The van der Waals surface area contributed by atoms with Gasteiger partial charge in [-0.15, -0.1) is 0 Å². The molecule has 2 aromatic rings. The number of hydrogen-bond donors (Lipinski definition) is 3. The van der Waals surface area contributed by atoms with E-state index in [1.165, 1.54) is 6.33 Å². The Morgan fingerprint density at radius 1 is 1.10 bits per heavy atom. The van der Waals surface area contributed by atoms with Crippen LogP contribution < -0.4 is 11.1 Å². The Morgan fingerprint density at radius 3 is 2.23 bits per heavy atom. The molecule has 2 aromatic heterocycles. The minimum atomic E-state index is -2.37. The summed E-state index contributed by atoms with van der Waals surface area (Å²) in [5.41, 5.74) is 16.2. The fourth-order valence-corrected chi connectivity index (χ4v) is 6.57. The predicted molar refractivity (Wildman–Crippen MR) is 157 cm³/mol. The lowest BCUT2D eigenvalue weighted by molar-refractivity contribution is -0.0299. The van der Waals surface area contributed by atoms with Crippen LogP contribution in [0.3, 0.4) is 0 Å². The molecule has 4 atom stereocenters. The van der Waals surface area contributed by atoms with Crippen molar-refractivity contribution in [2.45, 2.75) is 102 Å². The lowest BCUT2D eigenvalue weighted by atomic mass is 10.1. The van der Waals surface area contributed by atoms with Crippen LogP contribution in [0.5, 0.6) is 0 Å².